The van der Waals surface area contributed by atoms with Crippen LogP contribution in [0.15, 0.2) is 61.4 Å². The monoisotopic (exact) mass is 209 g/mol. The normalized spacial score (nSPS) is 9.75. The first-order chi connectivity index (χ1) is 7.81. The van der Waals surface area contributed by atoms with E-state index in [0.717, 1.165) is 11.1 Å². The molecular formula is C14H11NO. The molecule has 0 N–H and O–H groups in total. The standard InChI is InChI=1S/C14H11NO/c1-2-14(16)13-5-3-4-12(10-13)11-6-8-15-9-7-11/h2-10H,1H2. The molecule has 0 spiro atoms. The predicted molar refractivity (Wildman–Crippen MR) is 64.2 cm³/mol. The smallest absolute Gasteiger partial charge is 0.185 e. The van der Waals surface area contributed by atoms with E-state index in [1.807, 2.05) is 30.3 Å². The zero-order valence-corrected chi connectivity index (χ0v) is 8.76. The van der Waals surface area contributed by atoms with Gasteiger partial charge in [0.25, 0.3) is 0 Å². The number of carbonyl (C=O) groups is 1. The number of aromatic nitrogens is 1. The van der Waals surface area contributed by atoms with E-state index >= 15 is 0 Å². The summed E-state index contributed by atoms with van der Waals surface area (Å²) in [5.74, 6) is -0.0593. The van der Waals surface area contributed by atoms with Crippen molar-refractivity contribution < 1.29 is 4.79 Å². The van der Waals surface area contributed by atoms with Gasteiger partial charge < -0.3 is 0 Å². The average Bonchev–Trinajstić information content (AvgIpc) is 2.39. The molecule has 2 heteroatoms. The molecule has 0 aliphatic carbocycles. The number of carbonyl (C=O) groups excluding carboxylic acids is 1. The Morgan fingerprint density at radius 2 is 1.88 bits per heavy atom. The lowest BCUT2D eigenvalue weighted by atomic mass is 10.0. The van der Waals surface area contributed by atoms with Crippen LogP contribution in [-0.4, -0.2) is 10.8 Å². The molecule has 0 radical (unpaired) electrons. The van der Waals surface area contributed by atoms with Crippen molar-refractivity contribution in [1.82, 2.24) is 4.98 Å². The summed E-state index contributed by atoms with van der Waals surface area (Å²) in [5, 5.41) is 0. The first-order valence-electron chi connectivity index (χ1n) is 4.98. The van der Waals surface area contributed by atoms with Gasteiger partial charge in [-0.15, -0.1) is 0 Å². The van der Waals surface area contributed by atoms with Crippen molar-refractivity contribution in [2.24, 2.45) is 0 Å². The van der Waals surface area contributed by atoms with E-state index < -0.39 is 0 Å². The second kappa shape index (κ2) is 4.53. The minimum absolute atomic E-state index is 0.0593. The van der Waals surface area contributed by atoms with Gasteiger partial charge in [0.15, 0.2) is 5.78 Å². The molecule has 78 valence electrons. The molecule has 16 heavy (non-hydrogen) atoms. The molecular weight excluding hydrogens is 198 g/mol. The Kier molecular flexibility index (Phi) is 2.92. The van der Waals surface area contributed by atoms with Gasteiger partial charge in [0, 0.05) is 18.0 Å². The molecule has 0 bridgehead atoms. The number of nitrogens with zero attached hydrogens (tertiary/aromatic N) is 1. The average molecular weight is 209 g/mol. The van der Waals surface area contributed by atoms with Crippen molar-refractivity contribution in [3.63, 3.8) is 0 Å². The van der Waals surface area contributed by atoms with E-state index in [0.29, 0.717) is 5.56 Å². The number of benzene rings is 1. The molecule has 0 atom stereocenters. The van der Waals surface area contributed by atoms with E-state index in [1.165, 1.54) is 6.08 Å². The van der Waals surface area contributed by atoms with Crippen LogP contribution in [0, 0.1) is 0 Å². The fourth-order valence-electron chi connectivity index (χ4n) is 1.51. The number of hydrogen-bond acceptors (Lipinski definition) is 2. The van der Waals surface area contributed by atoms with Crippen LogP contribution in [0.4, 0.5) is 0 Å². The van der Waals surface area contributed by atoms with Crippen molar-refractivity contribution in [3.05, 3.63) is 67.0 Å². The molecule has 0 saturated carbocycles. The van der Waals surface area contributed by atoms with Crippen LogP contribution in [0.2, 0.25) is 0 Å². The van der Waals surface area contributed by atoms with Gasteiger partial charge in [0.1, 0.15) is 0 Å². The van der Waals surface area contributed by atoms with Crippen molar-refractivity contribution in [1.29, 1.82) is 0 Å². The van der Waals surface area contributed by atoms with Gasteiger partial charge >= 0.3 is 0 Å². The summed E-state index contributed by atoms with van der Waals surface area (Å²) >= 11 is 0. The van der Waals surface area contributed by atoms with Crippen LogP contribution >= 0.6 is 0 Å². The molecule has 0 unspecified atom stereocenters. The summed E-state index contributed by atoms with van der Waals surface area (Å²) in [6.07, 6.45) is 4.79. The van der Waals surface area contributed by atoms with Crippen LogP contribution in [0.1, 0.15) is 10.4 Å². The van der Waals surface area contributed by atoms with Crippen molar-refractivity contribution >= 4 is 5.78 Å². The van der Waals surface area contributed by atoms with Crippen LogP contribution in [0.3, 0.4) is 0 Å². The quantitative estimate of drug-likeness (QED) is 0.574. The minimum Gasteiger partial charge on any atom is -0.289 e. The van der Waals surface area contributed by atoms with Crippen LogP contribution in [-0.2, 0) is 0 Å². The highest BCUT2D eigenvalue weighted by Crippen LogP contribution is 2.19. The number of ketones is 1. The molecule has 1 heterocycles. The fourth-order valence-corrected chi connectivity index (χ4v) is 1.51. The van der Waals surface area contributed by atoms with Crippen LogP contribution in [0.25, 0.3) is 11.1 Å². The van der Waals surface area contributed by atoms with Crippen molar-refractivity contribution in [3.8, 4) is 11.1 Å². The highest BCUT2D eigenvalue weighted by atomic mass is 16.1. The van der Waals surface area contributed by atoms with Crippen LogP contribution in [0.5, 0.6) is 0 Å². The number of pyridine rings is 1. The minimum atomic E-state index is -0.0593. The van der Waals surface area contributed by atoms with Gasteiger partial charge in [-0.25, -0.2) is 0 Å². The predicted octanol–water partition coefficient (Wildman–Crippen LogP) is 3.12. The molecule has 0 saturated heterocycles. The maximum atomic E-state index is 11.5. The Morgan fingerprint density at radius 1 is 1.12 bits per heavy atom. The van der Waals surface area contributed by atoms with E-state index in [2.05, 4.69) is 11.6 Å². The Balaban J connectivity index is 2.44. The van der Waals surface area contributed by atoms with E-state index in [9.17, 15) is 4.79 Å². The number of rotatable bonds is 3. The lowest BCUT2D eigenvalue weighted by Gasteiger charge is -2.02. The fraction of sp³-hybridized carbons (Fsp3) is 0. The topological polar surface area (TPSA) is 30.0 Å². The molecule has 0 fully saturated rings. The number of allylic oxidation sites excluding steroid dienone is 1. The highest BCUT2D eigenvalue weighted by molar-refractivity contribution is 6.04. The summed E-state index contributed by atoms with van der Waals surface area (Å²) in [6, 6.07) is 11.3. The lowest BCUT2D eigenvalue weighted by molar-refractivity contribution is 0.104. The first kappa shape index (κ1) is 10.3. The molecule has 1 aromatic heterocycles. The molecule has 2 nitrogen and oxygen atoms in total. The summed E-state index contributed by atoms with van der Waals surface area (Å²) in [5.41, 5.74) is 2.72. The maximum Gasteiger partial charge on any atom is 0.185 e. The largest absolute Gasteiger partial charge is 0.289 e. The molecule has 1 aromatic carbocycles. The highest BCUT2D eigenvalue weighted by Gasteiger charge is 2.03. The second-order valence-corrected chi connectivity index (χ2v) is 3.39. The Labute approximate surface area is 94.3 Å². The van der Waals surface area contributed by atoms with E-state index in [-0.39, 0.29) is 5.78 Å². The summed E-state index contributed by atoms with van der Waals surface area (Å²) in [6.45, 7) is 3.48. The molecule has 2 rings (SSSR count). The van der Waals surface area contributed by atoms with E-state index in [4.69, 9.17) is 0 Å². The first-order valence-corrected chi connectivity index (χ1v) is 4.98. The van der Waals surface area contributed by atoms with Gasteiger partial charge in [-0.1, -0.05) is 24.8 Å². The van der Waals surface area contributed by atoms with Gasteiger partial charge in [0.2, 0.25) is 0 Å². The Bertz CT molecular complexity index is 517. The molecule has 0 aliphatic heterocycles. The van der Waals surface area contributed by atoms with Crippen molar-refractivity contribution in [2.45, 2.75) is 0 Å². The zero-order valence-electron chi connectivity index (χ0n) is 8.76. The van der Waals surface area contributed by atoms with Gasteiger partial charge in [-0.05, 0) is 35.4 Å². The summed E-state index contributed by atoms with van der Waals surface area (Å²) in [4.78, 5) is 15.4. The van der Waals surface area contributed by atoms with Gasteiger partial charge in [-0.3, -0.25) is 9.78 Å². The third kappa shape index (κ3) is 2.06. The van der Waals surface area contributed by atoms with Gasteiger partial charge in [0.05, 0.1) is 0 Å². The van der Waals surface area contributed by atoms with Crippen molar-refractivity contribution in [2.75, 3.05) is 0 Å². The molecule has 0 aliphatic rings. The lowest BCUT2D eigenvalue weighted by Crippen LogP contribution is -1.93. The Hall–Kier alpha value is -2.22. The Morgan fingerprint density at radius 3 is 2.56 bits per heavy atom. The van der Waals surface area contributed by atoms with E-state index in [1.54, 1.807) is 18.5 Å². The third-order valence-corrected chi connectivity index (χ3v) is 2.35. The third-order valence-electron chi connectivity index (χ3n) is 2.35. The zero-order chi connectivity index (χ0) is 11.4. The maximum absolute atomic E-state index is 11.5. The second-order valence-electron chi connectivity index (χ2n) is 3.39. The number of hydrogen-bond donors (Lipinski definition) is 0. The molecule has 2 aromatic rings. The SMILES string of the molecule is C=CC(=O)c1cccc(-c2ccncc2)c1. The molecule has 0 amide bonds. The summed E-state index contributed by atoms with van der Waals surface area (Å²) in [7, 11) is 0. The summed E-state index contributed by atoms with van der Waals surface area (Å²) < 4.78 is 0. The van der Waals surface area contributed by atoms with Gasteiger partial charge in [-0.2, -0.15) is 0 Å². The van der Waals surface area contributed by atoms with Crippen LogP contribution < -0.4 is 0 Å².